The van der Waals surface area contributed by atoms with E-state index in [1.807, 2.05) is 12.1 Å². The van der Waals surface area contributed by atoms with Gasteiger partial charge in [0.25, 0.3) is 0 Å². The van der Waals surface area contributed by atoms with Crippen LogP contribution in [0.2, 0.25) is 0 Å². The molecule has 2 aromatic rings. The van der Waals surface area contributed by atoms with Crippen LogP contribution in [0.3, 0.4) is 0 Å². The Morgan fingerprint density at radius 2 is 1.85 bits per heavy atom. The molecule has 2 rings (SSSR count). The first-order chi connectivity index (χ1) is 12.4. The van der Waals surface area contributed by atoms with Crippen LogP contribution in [-0.2, 0) is 16.0 Å². The summed E-state index contributed by atoms with van der Waals surface area (Å²) in [5.41, 5.74) is 1.07. The van der Waals surface area contributed by atoms with Crippen molar-refractivity contribution in [1.82, 2.24) is 5.32 Å². The van der Waals surface area contributed by atoms with E-state index < -0.39 is 17.9 Å². The van der Waals surface area contributed by atoms with E-state index in [2.05, 4.69) is 5.32 Å². The molecular formula is C19H15N3O4. The van der Waals surface area contributed by atoms with Gasteiger partial charge in [0, 0.05) is 13.3 Å². The maximum atomic E-state index is 11.2. The second kappa shape index (κ2) is 8.32. The van der Waals surface area contributed by atoms with Crippen LogP contribution < -0.4 is 10.1 Å². The normalized spacial score (nSPS) is 10.9. The highest BCUT2D eigenvalue weighted by Gasteiger charge is 2.18. The van der Waals surface area contributed by atoms with Gasteiger partial charge in [-0.05, 0) is 29.8 Å². The van der Waals surface area contributed by atoms with Gasteiger partial charge in [0.05, 0.1) is 5.56 Å². The third-order valence-electron chi connectivity index (χ3n) is 3.53. The van der Waals surface area contributed by atoms with E-state index >= 15 is 0 Å². The summed E-state index contributed by atoms with van der Waals surface area (Å²) in [4.78, 5) is 22.3. The van der Waals surface area contributed by atoms with Crippen molar-refractivity contribution in [2.24, 2.45) is 0 Å². The Kier molecular flexibility index (Phi) is 5.92. The number of hydrogen-bond acceptors (Lipinski definition) is 5. The molecule has 0 heterocycles. The zero-order chi connectivity index (χ0) is 19.1. The van der Waals surface area contributed by atoms with Crippen molar-refractivity contribution < 1.29 is 19.4 Å². The summed E-state index contributed by atoms with van der Waals surface area (Å²) in [5.74, 6) is -0.834. The van der Waals surface area contributed by atoms with Gasteiger partial charge < -0.3 is 15.2 Å². The molecule has 0 aliphatic rings. The van der Waals surface area contributed by atoms with Crippen LogP contribution >= 0.6 is 0 Å². The highest BCUT2D eigenvalue weighted by atomic mass is 16.5. The number of ether oxygens (including phenoxy) is 1. The van der Waals surface area contributed by atoms with Crippen LogP contribution in [0, 0.1) is 22.7 Å². The van der Waals surface area contributed by atoms with Crippen molar-refractivity contribution in [3.05, 3.63) is 59.2 Å². The number of amides is 1. The summed E-state index contributed by atoms with van der Waals surface area (Å²) < 4.78 is 5.66. The topological polar surface area (TPSA) is 123 Å². The lowest BCUT2D eigenvalue weighted by Gasteiger charge is -2.14. The van der Waals surface area contributed by atoms with Crippen LogP contribution in [0.25, 0.3) is 0 Å². The number of aliphatic carboxylic acids is 1. The maximum Gasteiger partial charge on any atom is 0.326 e. The van der Waals surface area contributed by atoms with E-state index in [9.17, 15) is 14.9 Å². The smallest absolute Gasteiger partial charge is 0.326 e. The van der Waals surface area contributed by atoms with Crippen LogP contribution in [0.5, 0.6) is 11.5 Å². The molecule has 0 saturated heterocycles. The van der Waals surface area contributed by atoms with Crippen molar-refractivity contribution in [2.45, 2.75) is 19.4 Å². The predicted molar refractivity (Wildman–Crippen MR) is 91.3 cm³/mol. The predicted octanol–water partition coefficient (Wildman–Crippen LogP) is 2.35. The van der Waals surface area contributed by atoms with Gasteiger partial charge in [-0.2, -0.15) is 10.5 Å². The summed E-state index contributed by atoms with van der Waals surface area (Å²) in [6, 6.07) is 14.2. The third kappa shape index (κ3) is 4.59. The monoisotopic (exact) mass is 349 g/mol. The minimum Gasteiger partial charge on any atom is -0.480 e. The fraction of sp³-hybridized carbons (Fsp3) is 0.158. The van der Waals surface area contributed by atoms with Crippen LogP contribution in [0.4, 0.5) is 0 Å². The number of carboxylic acids is 1. The number of rotatable bonds is 6. The average Bonchev–Trinajstić information content (AvgIpc) is 2.62. The molecule has 0 aliphatic carbocycles. The molecular weight excluding hydrogens is 334 g/mol. The van der Waals surface area contributed by atoms with Gasteiger partial charge in [0.2, 0.25) is 5.91 Å². The van der Waals surface area contributed by atoms with E-state index in [-0.39, 0.29) is 23.3 Å². The quantitative estimate of drug-likeness (QED) is 0.825. The van der Waals surface area contributed by atoms with Crippen molar-refractivity contribution in [3.63, 3.8) is 0 Å². The zero-order valence-electron chi connectivity index (χ0n) is 13.9. The second-order valence-electron chi connectivity index (χ2n) is 5.44. The van der Waals surface area contributed by atoms with Gasteiger partial charge in [-0.15, -0.1) is 0 Å². The Balaban J connectivity index is 2.16. The molecule has 0 aromatic heterocycles. The summed E-state index contributed by atoms with van der Waals surface area (Å²) in [6.07, 6.45) is 0.128. The Morgan fingerprint density at radius 3 is 2.38 bits per heavy atom. The molecule has 0 aliphatic heterocycles. The SMILES string of the molecule is CC(=O)NC(Cc1ccc(Oc2cccc(C#N)c2C#N)cc1)C(=O)O. The van der Waals surface area contributed by atoms with E-state index in [0.29, 0.717) is 11.3 Å². The fourth-order valence-electron chi connectivity index (χ4n) is 2.33. The van der Waals surface area contributed by atoms with Crippen molar-refractivity contribution in [3.8, 4) is 23.6 Å². The van der Waals surface area contributed by atoms with Gasteiger partial charge in [0.1, 0.15) is 35.2 Å². The molecule has 1 unspecified atom stereocenters. The molecule has 2 aromatic carbocycles. The molecule has 7 heteroatoms. The third-order valence-corrected chi connectivity index (χ3v) is 3.53. The summed E-state index contributed by atoms with van der Waals surface area (Å²) in [5, 5.41) is 29.8. The molecule has 130 valence electrons. The number of nitrogens with one attached hydrogen (secondary N) is 1. The Labute approximate surface area is 150 Å². The molecule has 1 amide bonds. The van der Waals surface area contributed by atoms with E-state index in [1.54, 1.807) is 36.4 Å². The molecule has 0 radical (unpaired) electrons. The van der Waals surface area contributed by atoms with Gasteiger partial charge in [-0.25, -0.2) is 4.79 Å². The van der Waals surface area contributed by atoms with Crippen molar-refractivity contribution in [2.75, 3.05) is 0 Å². The number of carbonyl (C=O) groups excluding carboxylic acids is 1. The largest absolute Gasteiger partial charge is 0.480 e. The molecule has 7 nitrogen and oxygen atoms in total. The van der Waals surface area contributed by atoms with Crippen molar-refractivity contribution >= 4 is 11.9 Å². The highest BCUT2D eigenvalue weighted by Crippen LogP contribution is 2.27. The van der Waals surface area contributed by atoms with Crippen LogP contribution in [0.15, 0.2) is 42.5 Å². The number of nitrogens with zero attached hydrogens (tertiary/aromatic N) is 2. The van der Waals surface area contributed by atoms with Crippen LogP contribution in [0.1, 0.15) is 23.6 Å². The molecule has 2 N–H and O–H groups in total. The highest BCUT2D eigenvalue weighted by molar-refractivity contribution is 5.82. The number of benzene rings is 2. The van der Waals surface area contributed by atoms with Crippen LogP contribution in [-0.4, -0.2) is 23.0 Å². The minimum atomic E-state index is -1.12. The zero-order valence-corrected chi connectivity index (χ0v) is 13.9. The standard InChI is InChI=1S/C19H15N3O4/c1-12(23)22-17(19(24)25)9-13-5-7-15(8-6-13)26-18-4-2-3-14(10-20)16(18)11-21/h2-8,17H,9H2,1H3,(H,22,23)(H,24,25). The van der Waals surface area contributed by atoms with Gasteiger partial charge in [-0.3, -0.25) is 4.79 Å². The summed E-state index contributed by atoms with van der Waals surface area (Å²) in [7, 11) is 0. The molecule has 0 fully saturated rings. The first-order valence-corrected chi connectivity index (χ1v) is 7.64. The van der Waals surface area contributed by atoms with Gasteiger partial charge >= 0.3 is 5.97 Å². The average molecular weight is 349 g/mol. The van der Waals surface area contributed by atoms with E-state index in [0.717, 1.165) is 0 Å². The number of carboxylic acid groups (broad SMARTS) is 1. The Hall–Kier alpha value is -3.84. The number of carbonyl (C=O) groups is 2. The molecule has 0 spiro atoms. The number of nitriles is 2. The first kappa shape index (κ1) is 18.5. The Morgan fingerprint density at radius 1 is 1.15 bits per heavy atom. The molecule has 1 atom stereocenters. The summed E-state index contributed by atoms with van der Waals surface area (Å²) in [6.45, 7) is 1.26. The van der Waals surface area contributed by atoms with Crippen molar-refractivity contribution in [1.29, 1.82) is 10.5 Å². The summed E-state index contributed by atoms with van der Waals surface area (Å²) >= 11 is 0. The second-order valence-corrected chi connectivity index (χ2v) is 5.44. The first-order valence-electron chi connectivity index (χ1n) is 7.64. The molecule has 0 bridgehead atoms. The fourth-order valence-corrected chi connectivity index (χ4v) is 2.33. The van der Waals surface area contributed by atoms with Gasteiger partial charge in [-0.1, -0.05) is 18.2 Å². The lowest BCUT2D eigenvalue weighted by molar-refractivity contribution is -0.141. The van der Waals surface area contributed by atoms with E-state index in [4.69, 9.17) is 15.1 Å². The lowest BCUT2D eigenvalue weighted by atomic mass is 10.1. The maximum absolute atomic E-state index is 11.2. The molecule has 26 heavy (non-hydrogen) atoms. The molecule has 0 saturated carbocycles. The lowest BCUT2D eigenvalue weighted by Crippen LogP contribution is -2.41. The Bertz CT molecular complexity index is 908. The van der Waals surface area contributed by atoms with E-state index in [1.165, 1.54) is 13.0 Å². The number of hydrogen-bond donors (Lipinski definition) is 2. The minimum absolute atomic E-state index is 0.128. The van der Waals surface area contributed by atoms with Gasteiger partial charge in [0.15, 0.2) is 0 Å².